The third-order valence-electron chi connectivity index (χ3n) is 4.67. The first-order valence-electron chi connectivity index (χ1n) is 7.88. The van der Waals surface area contributed by atoms with Crippen LogP contribution >= 0.6 is 0 Å². The molecule has 0 aliphatic heterocycles. The van der Waals surface area contributed by atoms with Crippen LogP contribution in [0.15, 0.2) is 23.1 Å². The van der Waals surface area contributed by atoms with Crippen molar-refractivity contribution in [3.05, 3.63) is 29.3 Å². The number of rotatable bonds is 3. The number of hydrogen-bond acceptors (Lipinski definition) is 3. The quantitative estimate of drug-likeness (QED) is 0.899. The molecule has 116 valence electrons. The minimum atomic E-state index is -3.54. The van der Waals surface area contributed by atoms with Gasteiger partial charge in [-0.2, -0.15) is 0 Å². The predicted molar refractivity (Wildman–Crippen MR) is 81.7 cm³/mol. The lowest BCUT2D eigenvalue weighted by Gasteiger charge is -2.28. The maximum atomic E-state index is 12.5. The highest BCUT2D eigenvalue weighted by molar-refractivity contribution is 7.89. The molecule has 0 heterocycles. The summed E-state index contributed by atoms with van der Waals surface area (Å²) in [6.07, 6.45) is 7.09. The van der Waals surface area contributed by atoms with Crippen LogP contribution in [0.1, 0.15) is 49.7 Å². The van der Waals surface area contributed by atoms with Crippen LogP contribution in [-0.4, -0.2) is 25.7 Å². The van der Waals surface area contributed by atoms with Crippen LogP contribution in [0, 0.1) is 0 Å². The second kappa shape index (κ2) is 6.07. The Balaban J connectivity index is 1.81. The number of aryl methyl sites for hydroxylation is 2. The molecule has 1 aromatic carbocycles. The molecule has 0 bridgehead atoms. The van der Waals surface area contributed by atoms with Crippen LogP contribution in [0.2, 0.25) is 0 Å². The molecule has 0 saturated heterocycles. The molecule has 1 aromatic rings. The van der Waals surface area contributed by atoms with Gasteiger partial charge in [-0.25, -0.2) is 13.1 Å². The van der Waals surface area contributed by atoms with Crippen molar-refractivity contribution in [2.24, 2.45) is 0 Å². The average molecular weight is 309 g/mol. The molecule has 21 heavy (non-hydrogen) atoms. The number of fused-ring (bicyclic) bond motifs is 1. The Morgan fingerprint density at radius 1 is 1.00 bits per heavy atom. The number of benzene rings is 1. The smallest absolute Gasteiger partial charge is 0.240 e. The van der Waals surface area contributed by atoms with Gasteiger partial charge in [-0.3, -0.25) is 0 Å². The molecule has 2 N–H and O–H groups in total. The molecule has 2 aliphatic carbocycles. The van der Waals surface area contributed by atoms with Crippen LogP contribution in [0.4, 0.5) is 0 Å². The zero-order chi connectivity index (χ0) is 14.9. The van der Waals surface area contributed by atoms with E-state index in [2.05, 4.69) is 4.72 Å². The van der Waals surface area contributed by atoms with Crippen molar-refractivity contribution in [3.8, 4) is 0 Å². The molecule has 2 aliphatic rings. The van der Waals surface area contributed by atoms with Gasteiger partial charge in [0.25, 0.3) is 0 Å². The number of aliphatic hydroxyl groups excluding tert-OH is 1. The first-order chi connectivity index (χ1) is 10.1. The SMILES string of the molecule is O=S(=O)(NC1CCCCC1O)c1ccc2c(c1)CCCC2. The molecule has 3 rings (SSSR count). The summed E-state index contributed by atoms with van der Waals surface area (Å²) < 4.78 is 27.7. The number of hydrogen-bond donors (Lipinski definition) is 2. The van der Waals surface area contributed by atoms with Crippen molar-refractivity contribution in [2.45, 2.75) is 68.4 Å². The van der Waals surface area contributed by atoms with Gasteiger partial charge in [0.15, 0.2) is 0 Å². The lowest BCUT2D eigenvalue weighted by molar-refractivity contribution is 0.101. The van der Waals surface area contributed by atoms with Crippen molar-refractivity contribution in [3.63, 3.8) is 0 Å². The van der Waals surface area contributed by atoms with E-state index in [1.54, 1.807) is 6.07 Å². The Bertz CT molecular complexity index is 612. The number of aliphatic hydroxyl groups is 1. The van der Waals surface area contributed by atoms with E-state index in [9.17, 15) is 13.5 Å². The topological polar surface area (TPSA) is 66.4 Å². The van der Waals surface area contributed by atoms with E-state index < -0.39 is 16.1 Å². The molecule has 4 nitrogen and oxygen atoms in total. The minimum Gasteiger partial charge on any atom is -0.391 e. The number of nitrogens with one attached hydrogen (secondary N) is 1. The maximum absolute atomic E-state index is 12.5. The Kier molecular flexibility index (Phi) is 4.33. The highest BCUT2D eigenvalue weighted by Gasteiger charge is 2.28. The lowest BCUT2D eigenvalue weighted by Crippen LogP contribution is -2.44. The summed E-state index contributed by atoms with van der Waals surface area (Å²) in [6, 6.07) is 5.11. The molecule has 2 atom stereocenters. The Morgan fingerprint density at radius 3 is 2.48 bits per heavy atom. The summed E-state index contributed by atoms with van der Waals surface area (Å²) in [4.78, 5) is 0.334. The highest BCUT2D eigenvalue weighted by Crippen LogP contribution is 2.25. The molecule has 1 fully saturated rings. The standard InChI is InChI=1S/C16H23NO3S/c18-16-8-4-3-7-15(16)17-21(19,20)14-10-9-12-5-1-2-6-13(12)11-14/h9-11,15-18H,1-8H2. The van der Waals surface area contributed by atoms with Crippen molar-refractivity contribution in [1.82, 2.24) is 4.72 Å². The monoisotopic (exact) mass is 309 g/mol. The second-order valence-electron chi connectivity index (χ2n) is 6.22. The Labute approximate surface area is 126 Å². The van der Waals surface area contributed by atoms with E-state index in [0.29, 0.717) is 17.7 Å². The fourth-order valence-electron chi connectivity index (χ4n) is 3.39. The zero-order valence-electron chi connectivity index (χ0n) is 12.2. The predicted octanol–water partition coefficient (Wildman–Crippen LogP) is 2.15. The zero-order valence-corrected chi connectivity index (χ0v) is 13.0. The van der Waals surface area contributed by atoms with Gasteiger partial charge in [0.1, 0.15) is 0 Å². The first kappa shape index (κ1) is 15.0. The molecular weight excluding hydrogens is 286 g/mol. The van der Waals surface area contributed by atoms with Crippen molar-refractivity contribution < 1.29 is 13.5 Å². The molecule has 0 aromatic heterocycles. The summed E-state index contributed by atoms with van der Waals surface area (Å²) >= 11 is 0. The molecule has 2 unspecified atom stereocenters. The van der Waals surface area contributed by atoms with E-state index in [0.717, 1.165) is 37.7 Å². The van der Waals surface area contributed by atoms with Gasteiger partial charge in [0, 0.05) is 6.04 Å². The summed E-state index contributed by atoms with van der Waals surface area (Å²) in [5, 5.41) is 9.94. The van der Waals surface area contributed by atoms with Crippen molar-refractivity contribution in [1.29, 1.82) is 0 Å². The molecular formula is C16H23NO3S. The van der Waals surface area contributed by atoms with Gasteiger partial charge in [0.2, 0.25) is 10.0 Å². The molecule has 1 saturated carbocycles. The van der Waals surface area contributed by atoms with Crippen LogP contribution in [0.3, 0.4) is 0 Å². The van der Waals surface area contributed by atoms with Crippen molar-refractivity contribution >= 4 is 10.0 Å². The highest BCUT2D eigenvalue weighted by atomic mass is 32.2. The normalized spacial score (nSPS) is 26.3. The van der Waals surface area contributed by atoms with E-state index in [4.69, 9.17) is 0 Å². The lowest BCUT2D eigenvalue weighted by atomic mass is 9.92. The second-order valence-corrected chi connectivity index (χ2v) is 7.93. The molecule has 0 radical (unpaired) electrons. The van der Waals surface area contributed by atoms with Gasteiger partial charge >= 0.3 is 0 Å². The minimum absolute atomic E-state index is 0.334. The Hall–Kier alpha value is -0.910. The van der Waals surface area contributed by atoms with E-state index >= 15 is 0 Å². The van der Waals surface area contributed by atoms with E-state index in [1.807, 2.05) is 12.1 Å². The van der Waals surface area contributed by atoms with Gasteiger partial charge in [-0.1, -0.05) is 18.9 Å². The van der Waals surface area contributed by atoms with Crippen LogP contribution in [-0.2, 0) is 22.9 Å². The van der Waals surface area contributed by atoms with E-state index in [1.165, 1.54) is 12.0 Å². The van der Waals surface area contributed by atoms with Crippen molar-refractivity contribution in [2.75, 3.05) is 0 Å². The summed E-state index contributed by atoms with van der Waals surface area (Å²) in [5.41, 5.74) is 2.44. The van der Waals surface area contributed by atoms with E-state index in [-0.39, 0.29) is 6.04 Å². The average Bonchev–Trinajstić information content (AvgIpc) is 2.49. The fourth-order valence-corrected chi connectivity index (χ4v) is 4.75. The largest absolute Gasteiger partial charge is 0.391 e. The van der Waals surface area contributed by atoms with Crippen LogP contribution < -0.4 is 4.72 Å². The van der Waals surface area contributed by atoms with Crippen LogP contribution in [0.5, 0.6) is 0 Å². The first-order valence-corrected chi connectivity index (χ1v) is 9.37. The van der Waals surface area contributed by atoms with Gasteiger partial charge in [0.05, 0.1) is 11.0 Å². The molecule has 0 amide bonds. The summed E-state index contributed by atoms with van der Waals surface area (Å²) in [5.74, 6) is 0. The van der Waals surface area contributed by atoms with Gasteiger partial charge in [-0.05, 0) is 61.8 Å². The molecule has 5 heteroatoms. The fraction of sp³-hybridized carbons (Fsp3) is 0.625. The molecule has 0 spiro atoms. The van der Waals surface area contributed by atoms with Crippen LogP contribution in [0.25, 0.3) is 0 Å². The number of sulfonamides is 1. The third kappa shape index (κ3) is 3.30. The van der Waals surface area contributed by atoms with Gasteiger partial charge in [-0.15, -0.1) is 0 Å². The third-order valence-corrected chi connectivity index (χ3v) is 6.15. The summed E-state index contributed by atoms with van der Waals surface area (Å²) in [7, 11) is -3.54. The van der Waals surface area contributed by atoms with Gasteiger partial charge < -0.3 is 5.11 Å². The Morgan fingerprint density at radius 2 is 1.71 bits per heavy atom. The maximum Gasteiger partial charge on any atom is 0.240 e. The summed E-state index contributed by atoms with van der Waals surface area (Å²) in [6.45, 7) is 0.